The number of morpholine rings is 1. The van der Waals surface area contributed by atoms with Crippen molar-refractivity contribution in [3.8, 4) is 23.0 Å². The second kappa shape index (κ2) is 8.77. The standard InChI is InChI=1S/C26H26FN3O4/c1-16-14-18-19(29-16)2-3-22(25(18)27)34-21-4-6-28-20-15-23(26-17(24(20)21)5-10-33-26)32-13-9-30-7-11-31-12-8-30/h2-4,6,14-15,29H,5,7-13H2,1H3. The largest absolute Gasteiger partial charge is 0.489 e. The van der Waals surface area contributed by atoms with Crippen molar-refractivity contribution in [1.82, 2.24) is 14.9 Å². The van der Waals surface area contributed by atoms with Crippen molar-refractivity contribution in [2.75, 3.05) is 46.1 Å². The summed E-state index contributed by atoms with van der Waals surface area (Å²) in [7, 11) is 0. The molecule has 176 valence electrons. The fourth-order valence-corrected chi connectivity index (χ4v) is 4.76. The van der Waals surface area contributed by atoms with Crippen LogP contribution < -0.4 is 14.2 Å². The van der Waals surface area contributed by atoms with Crippen molar-refractivity contribution < 1.29 is 23.3 Å². The van der Waals surface area contributed by atoms with Gasteiger partial charge in [0.2, 0.25) is 0 Å². The van der Waals surface area contributed by atoms with Gasteiger partial charge in [0, 0.05) is 60.5 Å². The molecule has 6 rings (SSSR count). The Labute approximate surface area is 196 Å². The highest BCUT2D eigenvalue weighted by atomic mass is 19.1. The Kier molecular flexibility index (Phi) is 5.47. The van der Waals surface area contributed by atoms with Gasteiger partial charge < -0.3 is 23.9 Å². The molecule has 2 aromatic carbocycles. The number of nitrogens with one attached hydrogen (secondary N) is 1. The van der Waals surface area contributed by atoms with Crippen LogP contribution in [0.1, 0.15) is 11.3 Å². The first-order valence-corrected chi connectivity index (χ1v) is 11.6. The Morgan fingerprint density at radius 2 is 1.97 bits per heavy atom. The van der Waals surface area contributed by atoms with Crippen LogP contribution in [0.15, 0.2) is 36.5 Å². The van der Waals surface area contributed by atoms with E-state index in [9.17, 15) is 0 Å². The van der Waals surface area contributed by atoms with Crippen LogP contribution in [-0.4, -0.2) is 60.9 Å². The predicted octanol–water partition coefficient (Wildman–Crippen LogP) is 4.60. The maximum atomic E-state index is 15.2. The van der Waals surface area contributed by atoms with Crippen LogP contribution >= 0.6 is 0 Å². The molecule has 1 fully saturated rings. The molecule has 0 aliphatic carbocycles. The van der Waals surface area contributed by atoms with Crippen molar-refractivity contribution in [1.29, 1.82) is 0 Å². The highest BCUT2D eigenvalue weighted by Crippen LogP contribution is 2.45. The quantitative estimate of drug-likeness (QED) is 0.451. The molecular weight excluding hydrogens is 437 g/mol. The smallest absolute Gasteiger partial charge is 0.175 e. The van der Waals surface area contributed by atoms with Gasteiger partial charge in [0.1, 0.15) is 12.4 Å². The molecule has 0 bridgehead atoms. The molecule has 1 saturated heterocycles. The van der Waals surface area contributed by atoms with E-state index >= 15 is 4.39 Å². The normalized spacial score (nSPS) is 16.1. The fraction of sp³-hybridized carbons (Fsp3) is 0.346. The van der Waals surface area contributed by atoms with E-state index in [1.807, 2.05) is 19.1 Å². The molecule has 2 aromatic heterocycles. The zero-order valence-electron chi connectivity index (χ0n) is 19.0. The summed E-state index contributed by atoms with van der Waals surface area (Å²) >= 11 is 0. The number of nitrogens with zero attached hydrogens (tertiary/aromatic N) is 2. The van der Waals surface area contributed by atoms with Crippen LogP contribution in [0.3, 0.4) is 0 Å². The van der Waals surface area contributed by atoms with Gasteiger partial charge in [-0.25, -0.2) is 4.39 Å². The molecule has 0 spiro atoms. The summed E-state index contributed by atoms with van der Waals surface area (Å²) in [6.07, 6.45) is 2.39. The Balaban J connectivity index is 1.31. The molecule has 8 heteroatoms. The fourth-order valence-electron chi connectivity index (χ4n) is 4.76. The van der Waals surface area contributed by atoms with Crippen LogP contribution in [0.5, 0.6) is 23.0 Å². The average Bonchev–Trinajstić information content (AvgIpc) is 3.49. The SMILES string of the molecule is Cc1cc2c(F)c(Oc3ccnc4cc(OCCN5CCOCC5)c5c(c34)CCO5)ccc2[nH]1. The number of ether oxygens (including phenoxy) is 4. The highest BCUT2D eigenvalue weighted by Gasteiger charge is 2.25. The van der Waals surface area contributed by atoms with E-state index in [0.29, 0.717) is 36.5 Å². The molecule has 2 aliphatic rings. The summed E-state index contributed by atoms with van der Waals surface area (Å²) in [6, 6.07) is 8.93. The topological polar surface area (TPSA) is 68.8 Å². The number of aromatic nitrogens is 2. The molecule has 2 aliphatic heterocycles. The van der Waals surface area contributed by atoms with E-state index in [-0.39, 0.29) is 11.6 Å². The highest BCUT2D eigenvalue weighted by molar-refractivity contribution is 5.93. The number of halogens is 1. The molecule has 0 saturated carbocycles. The molecule has 7 nitrogen and oxygen atoms in total. The molecule has 34 heavy (non-hydrogen) atoms. The number of H-pyrrole nitrogens is 1. The lowest BCUT2D eigenvalue weighted by Gasteiger charge is -2.26. The maximum Gasteiger partial charge on any atom is 0.175 e. The van der Waals surface area contributed by atoms with Crippen molar-refractivity contribution in [3.63, 3.8) is 0 Å². The summed E-state index contributed by atoms with van der Waals surface area (Å²) in [4.78, 5) is 10.0. The minimum absolute atomic E-state index is 0.178. The van der Waals surface area contributed by atoms with E-state index in [4.69, 9.17) is 18.9 Å². The lowest BCUT2D eigenvalue weighted by molar-refractivity contribution is 0.0321. The van der Waals surface area contributed by atoms with Crippen LogP contribution in [0, 0.1) is 12.7 Å². The Morgan fingerprint density at radius 1 is 1.09 bits per heavy atom. The lowest BCUT2D eigenvalue weighted by atomic mass is 10.0. The summed E-state index contributed by atoms with van der Waals surface area (Å²) in [5.74, 6) is 1.76. The molecule has 0 amide bonds. The Hall–Kier alpha value is -3.36. The first kappa shape index (κ1) is 21.2. The molecule has 4 heterocycles. The number of pyridine rings is 1. The Bertz CT molecular complexity index is 1360. The van der Waals surface area contributed by atoms with E-state index < -0.39 is 0 Å². The second-order valence-corrected chi connectivity index (χ2v) is 8.68. The van der Waals surface area contributed by atoms with Crippen molar-refractivity contribution >= 4 is 21.8 Å². The predicted molar refractivity (Wildman–Crippen MR) is 127 cm³/mol. The van der Waals surface area contributed by atoms with Gasteiger partial charge in [-0.05, 0) is 31.2 Å². The maximum absolute atomic E-state index is 15.2. The molecule has 0 radical (unpaired) electrons. The molecule has 0 unspecified atom stereocenters. The third kappa shape index (κ3) is 3.82. The minimum atomic E-state index is -0.386. The summed E-state index contributed by atoms with van der Waals surface area (Å²) in [6.45, 7) is 7.21. The molecule has 1 N–H and O–H groups in total. The number of benzene rings is 2. The van der Waals surface area contributed by atoms with Crippen LogP contribution in [0.4, 0.5) is 4.39 Å². The zero-order chi connectivity index (χ0) is 23.1. The third-order valence-corrected chi connectivity index (χ3v) is 6.43. The van der Waals surface area contributed by atoms with Crippen molar-refractivity contribution in [3.05, 3.63) is 53.6 Å². The number of hydrogen-bond acceptors (Lipinski definition) is 6. The number of aromatic amines is 1. The van der Waals surface area contributed by atoms with E-state index in [2.05, 4.69) is 14.9 Å². The number of aryl methyl sites for hydroxylation is 1. The van der Waals surface area contributed by atoms with Crippen LogP contribution in [0.2, 0.25) is 0 Å². The van der Waals surface area contributed by atoms with Crippen molar-refractivity contribution in [2.24, 2.45) is 0 Å². The average molecular weight is 464 g/mol. The van der Waals surface area contributed by atoms with Crippen LogP contribution in [-0.2, 0) is 11.2 Å². The first-order chi connectivity index (χ1) is 16.7. The van der Waals surface area contributed by atoms with Gasteiger partial charge in [-0.2, -0.15) is 0 Å². The van der Waals surface area contributed by atoms with Gasteiger partial charge in [0.25, 0.3) is 0 Å². The van der Waals surface area contributed by atoms with Gasteiger partial charge >= 0.3 is 0 Å². The monoisotopic (exact) mass is 463 g/mol. The summed E-state index contributed by atoms with van der Waals surface area (Å²) in [5.41, 5.74) is 3.37. The van der Waals surface area contributed by atoms with E-state index in [0.717, 1.165) is 66.3 Å². The van der Waals surface area contributed by atoms with E-state index in [1.165, 1.54) is 0 Å². The van der Waals surface area contributed by atoms with Gasteiger partial charge in [0.05, 0.1) is 30.7 Å². The molecule has 0 atom stereocenters. The number of rotatable bonds is 6. The second-order valence-electron chi connectivity index (χ2n) is 8.68. The summed E-state index contributed by atoms with van der Waals surface area (Å²) in [5, 5.41) is 1.35. The third-order valence-electron chi connectivity index (χ3n) is 6.43. The molecular formula is C26H26FN3O4. The molecule has 4 aromatic rings. The van der Waals surface area contributed by atoms with Gasteiger partial charge in [-0.15, -0.1) is 0 Å². The van der Waals surface area contributed by atoms with Crippen LogP contribution in [0.25, 0.3) is 21.8 Å². The van der Waals surface area contributed by atoms with E-state index in [1.54, 1.807) is 24.4 Å². The van der Waals surface area contributed by atoms with Gasteiger partial charge in [-0.1, -0.05) is 0 Å². The van der Waals surface area contributed by atoms with Gasteiger partial charge in [0.15, 0.2) is 23.1 Å². The minimum Gasteiger partial charge on any atom is -0.489 e. The van der Waals surface area contributed by atoms with Gasteiger partial charge in [-0.3, -0.25) is 9.88 Å². The zero-order valence-corrected chi connectivity index (χ0v) is 19.0. The summed E-state index contributed by atoms with van der Waals surface area (Å²) < 4.78 is 38.8. The number of hydrogen-bond donors (Lipinski definition) is 1. The number of fused-ring (bicyclic) bond motifs is 4. The Morgan fingerprint density at radius 3 is 2.85 bits per heavy atom. The lowest BCUT2D eigenvalue weighted by Crippen LogP contribution is -2.38. The van der Waals surface area contributed by atoms with Crippen molar-refractivity contribution in [2.45, 2.75) is 13.3 Å². The first-order valence-electron chi connectivity index (χ1n) is 11.6.